The molecule has 0 aromatic carbocycles. The van der Waals surface area contributed by atoms with Gasteiger partial charge in [-0.25, -0.2) is 0 Å². The highest BCUT2D eigenvalue weighted by molar-refractivity contribution is 6.76. The molecule has 102 valence electrons. The van der Waals surface area contributed by atoms with Gasteiger partial charge in [0.15, 0.2) is 0 Å². The number of amides is 1. The number of nitrogens with one attached hydrogen (secondary N) is 1. The first-order valence-corrected chi connectivity index (χ1v) is 4.51. The molecule has 0 aliphatic carbocycles. The van der Waals surface area contributed by atoms with Crippen molar-refractivity contribution in [2.45, 2.75) is 21.9 Å². The van der Waals surface area contributed by atoms with Crippen LogP contribution in [-0.4, -0.2) is 32.9 Å². The number of rotatable bonds is 1. The summed E-state index contributed by atoms with van der Waals surface area (Å²) in [4.78, 5) is 10.7. The van der Waals surface area contributed by atoms with Crippen molar-refractivity contribution in [1.29, 1.82) is 0 Å². The van der Waals surface area contributed by atoms with E-state index in [9.17, 15) is 31.1 Å². The van der Waals surface area contributed by atoms with Crippen LogP contribution in [0.25, 0.3) is 0 Å². The summed E-state index contributed by atoms with van der Waals surface area (Å²) in [5.74, 6) is -2.28. The van der Waals surface area contributed by atoms with Gasteiger partial charge in [-0.2, -0.15) is 26.3 Å². The second kappa shape index (κ2) is 4.52. The fraction of sp³-hybridized carbons (Fsp3) is 0.800. The van der Waals surface area contributed by atoms with Gasteiger partial charge in [0.2, 0.25) is 0 Å². The van der Waals surface area contributed by atoms with Gasteiger partial charge in [0.25, 0.3) is 9.70 Å². The maximum Gasteiger partial charge on any atom is 0.446 e. The molecule has 0 saturated heterocycles. The molecule has 0 atom stereocenters. The average molecular weight is 328 g/mol. The zero-order valence-electron chi connectivity index (χ0n) is 7.26. The third-order valence-electron chi connectivity index (χ3n) is 1.37. The molecule has 2 N–H and O–H groups in total. The largest absolute Gasteiger partial charge is 0.446 e. The SMILES string of the molecule is O=C(NC(O)(C(F)(F)F)C(F)(F)F)C(Cl)(Cl)Cl. The van der Waals surface area contributed by atoms with Crippen LogP contribution < -0.4 is 5.32 Å². The lowest BCUT2D eigenvalue weighted by Crippen LogP contribution is -2.68. The molecule has 3 nitrogen and oxygen atoms in total. The van der Waals surface area contributed by atoms with E-state index in [1.807, 2.05) is 0 Å². The number of hydrogen-bond acceptors (Lipinski definition) is 2. The van der Waals surface area contributed by atoms with E-state index in [1.165, 1.54) is 0 Å². The second-order valence-corrected chi connectivity index (χ2v) is 4.94. The van der Waals surface area contributed by atoms with Crippen LogP contribution in [0.2, 0.25) is 0 Å². The summed E-state index contributed by atoms with van der Waals surface area (Å²) in [6.45, 7) is 0. The Kier molecular flexibility index (Phi) is 4.49. The number of hydrogen-bond donors (Lipinski definition) is 2. The minimum absolute atomic E-state index is 0.184. The maximum absolute atomic E-state index is 12.0. The van der Waals surface area contributed by atoms with Crippen molar-refractivity contribution in [3.05, 3.63) is 0 Å². The van der Waals surface area contributed by atoms with E-state index < -0.39 is 27.8 Å². The quantitative estimate of drug-likeness (QED) is 0.441. The Hall–Kier alpha value is -0.120. The predicted octanol–water partition coefficient (Wildman–Crippen LogP) is 2.29. The van der Waals surface area contributed by atoms with Crippen molar-refractivity contribution in [3.8, 4) is 0 Å². The molecule has 0 aromatic rings. The predicted molar refractivity (Wildman–Crippen MR) is 45.5 cm³/mol. The van der Waals surface area contributed by atoms with E-state index in [-0.39, 0.29) is 5.32 Å². The van der Waals surface area contributed by atoms with Gasteiger partial charge in [-0.05, 0) is 0 Å². The molecule has 0 heterocycles. The van der Waals surface area contributed by atoms with Crippen molar-refractivity contribution in [2.75, 3.05) is 0 Å². The molecular formula is C5H2Cl3F6NO2. The van der Waals surface area contributed by atoms with E-state index in [1.54, 1.807) is 0 Å². The fourth-order valence-electron chi connectivity index (χ4n) is 0.538. The molecule has 17 heavy (non-hydrogen) atoms. The maximum atomic E-state index is 12.0. The number of alkyl halides is 9. The third kappa shape index (κ3) is 3.67. The van der Waals surface area contributed by atoms with E-state index in [0.717, 1.165) is 0 Å². The standard InChI is InChI=1S/C5H2Cl3F6NO2/c6-2(7,8)1(16)15-3(17,4(9,10)11)5(12,13)14/h17H,(H,15,16). The third-order valence-corrected chi connectivity index (χ3v) is 1.89. The minimum Gasteiger partial charge on any atom is -0.357 e. The van der Waals surface area contributed by atoms with Gasteiger partial charge in [-0.15, -0.1) is 0 Å². The Morgan fingerprint density at radius 1 is 0.941 bits per heavy atom. The lowest BCUT2D eigenvalue weighted by molar-refractivity contribution is -0.376. The summed E-state index contributed by atoms with van der Waals surface area (Å²) in [6, 6.07) is 0. The molecule has 0 bridgehead atoms. The Balaban J connectivity index is 5.35. The normalized spacial score (nSPS) is 14.7. The Morgan fingerprint density at radius 2 is 1.24 bits per heavy atom. The van der Waals surface area contributed by atoms with Crippen LogP contribution >= 0.6 is 34.8 Å². The topological polar surface area (TPSA) is 49.3 Å². The Morgan fingerprint density at radius 3 is 1.41 bits per heavy atom. The monoisotopic (exact) mass is 327 g/mol. The van der Waals surface area contributed by atoms with Gasteiger partial charge < -0.3 is 10.4 Å². The molecule has 0 aliphatic rings. The highest BCUT2D eigenvalue weighted by Crippen LogP contribution is 2.42. The van der Waals surface area contributed by atoms with Crippen LogP contribution in [-0.2, 0) is 4.79 Å². The molecule has 0 unspecified atom stereocenters. The van der Waals surface area contributed by atoms with Gasteiger partial charge in [-0.3, -0.25) is 4.79 Å². The smallest absolute Gasteiger partial charge is 0.357 e. The summed E-state index contributed by atoms with van der Waals surface area (Å²) in [5, 5.41) is 8.64. The first-order valence-electron chi connectivity index (χ1n) is 3.38. The Labute approximate surface area is 105 Å². The van der Waals surface area contributed by atoms with Crippen LogP contribution in [0.15, 0.2) is 0 Å². The lowest BCUT2D eigenvalue weighted by Gasteiger charge is -2.33. The Bertz CT molecular complexity index is 294. The molecule has 0 rings (SSSR count). The van der Waals surface area contributed by atoms with Gasteiger partial charge in [-0.1, -0.05) is 34.8 Å². The summed E-state index contributed by atoms with van der Waals surface area (Å²) in [5.41, 5.74) is -5.50. The first kappa shape index (κ1) is 16.9. The van der Waals surface area contributed by atoms with Gasteiger partial charge in [0.05, 0.1) is 0 Å². The second-order valence-electron chi connectivity index (χ2n) is 2.66. The molecule has 0 saturated carbocycles. The van der Waals surface area contributed by atoms with E-state index in [2.05, 4.69) is 0 Å². The molecule has 0 fully saturated rings. The molecule has 0 aliphatic heterocycles. The van der Waals surface area contributed by atoms with E-state index in [0.29, 0.717) is 0 Å². The molecule has 0 spiro atoms. The van der Waals surface area contributed by atoms with Crippen LogP contribution in [0, 0.1) is 0 Å². The molecule has 0 radical (unpaired) electrons. The van der Waals surface area contributed by atoms with Crippen LogP contribution in [0.4, 0.5) is 26.3 Å². The molecule has 0 aromatic heterocycles. The fourth-order valence-corrected chi connectivity index (χ4v) is 0.679. The summed E-state index contributed by atoms with van der Waals surface area (Å²) < 4.78 is 69.1. The van der Waals surface area contributed by atoms with Crippen molar-refractivity contribution >= 4 is 40.7 Å². The summed E-state index contributed by atoms with van der Waals surface area (Å²) >= 11 is 14.3. The minimum atomic E-state index is -6.24. The van der Waals surface area contributed by atoms with Crippen LogP contribution in [0.5, 0.6) is 0 Å². The van der Waals surface area contributed by atoms with Crippen LogP contribution in [0.3, 0.4) is 0 Å². The van der Waals surface area contributed by atoms with Gasteiger partial charge in [0, 0.05) is 0 Å². The van der Waals surface area contributed by atoms with Gasteiger partial charge in [0.1, 0.15) is 0 Å². The highest BCUT2D eigenvalue weighted by atomic mass is 35.6. The zero-order valence-corrected chi connectivity index (χ0v) is 9.52. The lowest BCUT2D eigenvalue weighted by atomic mass is 10.2. The summed E-state index contributed by atoms with van der Waals surface area (Å²) in [7, 11) is 0. The van der Waals surface area contributed by atoms with Crippen molar-refractivity contribution < 1.29 is 36.2 Å². The zero-order chi connectivity index (χ0) is 14.3. The van der Waals surface area contributed by atoms with Gasteiger partial charge >= 0.3 is 18.1 Å². The first-order chi connectivity index (χ1) is 7.13. The van der Waals surface area contributed by atoms with Crippen molar-refractivity contribution in [1.82, 2.24) is 5.32 Å². The number of carbonyl (C=O) groups excluding carboxylic acids is 1. The molecular weight excluding hydrogens is 326 g/mol. The van der Waals surface area contributed by atoms with Crippen LogP contribution in [0.1, 0.15) is 0 Å². The molecule has 1 amide bonds. The molecule has 12 heteroatoms. The number of carbonyl (C=O) groups is 1. The van der Waals surface area contributed by atoms with E-state index >= 15 is 0 Å². The number of aliphatic hydroxyl groups is 1. The average Bonchev–Trinajstić information content (AvgIpc) is 1.97. The van der Waals surface area contributed by atoms with Crippen molar-refractivity contribution in [3.63, 3.8) is 0 Å². The number of halogens is 9. The highest BCUT2D eigenvalue weighted by Gasteiger charge is 2.72. The summed E-state index contributed by atoms with van der Waals surface area (Å²) in [6.07, 6.45) is -12.5. The van der Waals surface area contributed by atoms with Crippen molar-refractivity contribution in [2.24, 2.45) is 0 Å². The van der Waals surface area contributed by atoms with E-state index in [4.69, 9.17) is 39.9 Å².